The molecule has 1 heterocycles. The fraction of sp³-hybridized carbons (Fsp3) is 0.500. The molecule has 4 heteroatoms. The highest BCUT2D eigenvalue weighted by Crippen LogP contribution is 2.09. The van der Waals surface area contributed by atoms with Crippen molar-refractivity contribution in [1.29, 1.82) is 0 Å². The Morgan fingerprint density at radius 3 is 2.93 bits per heavy atom. The number of aromatic carboxylic acids is 1. The fourth-order valence-electron chi connectivity index (χ4n) is 1.16. The van der Waals surface area contributed by atoms with E-state index in [0.29, 0.717) is 18.0 Å². The van der Waals surface area contributed by atoms with Gasteiger partial charge in [-0.3, -0.25) is 0 Å². The highest BCUT2D eigenvalue weighted by atomic mass is 16.4. The molecule has 0 spiro atoms. The Hall–Kier alpha value is -1.29. The van der Waals surface area contributed by atoms with E-state index in [4.69, 9.17) is 9.52 Å². The largest absolute Gasteiger partial charge is 0.475 e. The standard InChI is InChI=1S/C10H15NO3/c1-7(2)5-11-6-8-3-4-14-9(8)10(12)13/h3-4,7,11H,5-6H2,1-2H3,(H,12,13). The van der Waals surface area contributed by atoms with Gasteiger partial charge in [0.05, 0.1) is 6.26 Å². The van der Waals surface area contributed by atoms with Gasteiger partial charge in [0.15, 0.2) is 0 Å². The van der Waals surface area contributed by atoms with E-state index in [0.717, 1.165) is 6.54 Å². The minimum absolute atomic E-state index is 0.0289. The molecule has 78 valence electrons. The Morgan fingerprint density at radius 2 is 2.36 bits per heavy atom. The van der Waals surface area contributed by atoms with E-state index in [2.05, 4.69) is 19.2 Å². The Labute approximate surface area is 82.9 Å². The third kappa shape index (κ3) is 2.88. The molecule has 0 saturated carbocycles. The van der Waals surface area contributed by atoms with Gasteiger partial charge in [-0.25, -0.2) is 4.79 Å². The molecule has 0 aliphatic carbocycles. The molecule has 0 bridgehead atoms. The van der Waals surface area contributed by atoms with Gasteiger partial charge >= 0.3 is 5.97 Å². The lowest BCUT2D eigenvalue weighted by Crippen LogP contribution is -2.19. The number of furan rings is 1. The first-order valence-electron chi connectivity index (χ1n) is 4.61. The second-order valence-corrected chi connectivity index (χ2v) is 3.60. The number of carboxylic acids is 1. The summed E-state index contributed by atoms with van der Waals surface area (Å²) in [5.41, 5.74) is 0.693. The summed E-state index contributed by atoms with van der Waals surface area (Å²) in [4.78, 5) is 10.7. The van der Waals surface area contributed by atoms with Crippen molar-refractivity contribution in [2.45, 2.75) is 20.4 Å². The number of hydrogen-bond acceptors (Lipinski definition) is 3. The van der Waals surface area contributed by atoms with Gasteiger partial charge < -0.3 is 14.8 Å². The molecule has 2 N–H and O–H groups in total. The minimum atomic E-state index is -1.02. The zero-order chi connectivity index (χ0) is 10.6. The van der Waals surface area contributed by atoms with Crippen LogP contribution in [0, 0.1) is 5.92 Å². The fourth-order valence-corrected chi connectivity index (χ4v) is 1.16. The average Bonchev–Trinajstić information content (AvgIpc) is 2.51. The highest BCUT2D eigenvalue weighted by molar-refractivity contribution is 5.86. The molecule has 0 aromatic carbocycles. The molecule has 0 fully saturated rings. The maximum absolute atomic E-state index is 10.7. The third-order valence-corrected chi connectivity index (χ3v) is 1.81. The van der Waals surface area contributed by atoms with E-state index >= 15 is 0 Å². The van der Waals surface area contributed by atoms with Crippen molar-refractivity contribution >= 4 is 5.97 Å². The molecular formula is C10H15NO3. The van der Waals surface area contributed by atoms with E-state index in [9.17, 15) is 4.79 Å². The van der Waals surface area contributed by atoms with Crippen LogP contribution in [0.3, 0.4) is 0 Å². The van der Waals surface area contributed by atoms with E-state index in [1.165, 1.54) is 6.26 Å². The molecule has 0 atom stereocenters. The average molecular weight is 197 g/mol. The zero-order valence-electron chi connectivity index (χ0n) is 8.41. The van der Waals surface area contributed by atoms with Crippen LogP contribution in [0.5, 0.6) is 0 Å². The van der Waals surface area contributed by atoms with Crippen LogP contribution in [0.25, 0.3) is 0 Å². The van der Waals surface area contributed by atoms with Crippen molar-refractivity contribution in [2.24, 2.45) is 5.92 Å². The van der Waals surface area contributed by atoms with Gasteiger partial charge in [0.1, 0.15) is 0 Å². The Kier molecular flexibility index (Phi) is 3.71. The maximum atomic E-state index is 10.7. The summed E-state index contributed by atoms with van der Waals surface area (Å²) in [5, 5.41) is 11.9. The molecular weight excluding hydrogens is 182 g/mol. The SMILES string of the molecule is CC(C)CNCc1ccoc1C(=O)O. The van der Waals surface area contributed by atoms with Gasteiger partial charge in [-0.15, -0.1) is 0 Å². The van der Waals surface area contributed by atoms with Crippen LogP contribution in [-0.4, -0.2) is 17.6 Å². The molecule has 0 radical (unpaired) electrons. The first-order chi connectivity index (χ1) is 6.61. The van der Waals surface area contributed by atoms with Gasteiger partial charge in [0.25, 0.3) is 0 Å². The van der Waals surface area contributed by atoms with Crippen LogP contribution in [0.4, 0.5) is 0 Å². The lowest BCUT2D eigenvalue weighted by Gasteiger charge is -2.05. The lowest BCUT2D eigenvalue weighted by atomic mass is 10.2. The highest BCUT2D eigenvalue weighted by Gasteiger charge is 2.12. The van der Waals surface area contributed by atoms with Crippen molar-refractivity contribution in [3.63, 3.8) is 0 Å². The molecule has 1 aromatic heterocycles. The summed E-state index contributed by atoms with van der Waals surface area (Å²) >= 11 is 0. The zero-order valence-corrected chi connectivity index (χ0v) is 8.41. The summed E-state index contributed by atoms with van der Waals surface area (Å²) in [6.45, 7) is 5.60. The summed E-state index contributed by atoms with van der Waals surface area (Å²) < 4.78 is 4.84. The normalized spacial score (nSPS) is 10.8. The van der Waals surface area contributed by atoms with Crippen LogP contribution >= 0.6 is 0 Å². The van der Waals surface area contributed by atoms with Crippen LogP contribution in [0.15, 0.2) is 16.7 Å². The quantitative estimate of drug-likeness (QED) is 0.754. The molecule has 1 aromatic rings. The molecule has 0 amide bonds. The molecule has 1 rings (SSSR count). The molecule has 0 unspecified atom stereocenters. The number of carbonyl (C=O) groups is 1. The molecule has 0 saturated heterocycles. The number of hydrogen-bond donors (Lipinski definition) is 2. The summed E-state index contributed by atoms with van der Waals surface area (Å²) in [6, 6.07) is 1.68. The summed E-state index contributed by atoms with van der Waals surface area (Å²) in [5.74, 6) is -0.437. The first-order valence-corrected chi connectivity index (χ1v) is 4.61. The lowest BCUT2D eigenvalue weighted by molar-refractivity contribution is 0.0660. The van der Waals surface area contributed by atoms with Crippen LogP contribution in [0.2, 0.25) is 0 Å². The molecule has 4 nitrogen and oxygen atoms in total. The van der Waals surface area contributed by atoms with E-state index in [1.807, 2.05) is 0 Å². The second-order valence-electron chi connectivity index (χ2n) is 3.60. The van der Waals surface area contributed by atoms with E-state index < -0.39 is 5.97 Å². The van der Waals surface area contributed by atoms with Gasteiger partial charge in [-0.05, 0) is 18.5 Å². The van der Waals surface area contributed by atoms with Crippen molar-refractivity contribution in [2.75, 3.05) is 6.54 Å². The maximum Gasteiger partial charge on any atom is 0.372 e. The van der Waals surface area contributed by atoms with Crippen LogP contribution in [0.1, 0.15) is 30.0 Å². The Morgan fingerprint density at radius 1 is 1.64 bits per heavy atom. The minimum Gasteiger partial charge on any atom is -0.475 e. The van der Waals surface area contributed by atoms with Crippen LogP contribution < -0.4 is 5.32 Å². The third-order valence-electron chi connectivity index (χ3n) is 1.81. The smallest absolute Gasteiger partial charge is 0.372 e. The molecule has 0 aliphatic heterocycles. The van der Waals surface area contributed by atoms with Gasteiger partial charge in [-0.2, -0.15) is 0 Å². The molecule has 0 aliphatic rings. The second kappa shape index (κ2) is 4.81. The summed E-state index contributed by atoms with van der Waals surface area (Å²) in [6.07, 6.45) is 1.40. The number of nitrogens with one attached hydrogen (secondary N) is 1. The van der Waals surface area contributed by atoms with Gasteiger partial charge in [0.2, 0.25) is 5.76 Å². The van der Waals surface area contributed by atoms with Crippen molar-refractivity contribution < 1.29 is 14.3 Å². The van der Waals surface area contributed by atoms with Gasteiger partial charge in [0, 0.05) is 12.1 Å². The number of carboxylic acid groups (broad SMARTS) is 1. The van der Waals surface area contributed by atoms with Gasteiger partial charge in [-0.1, -0.05) is 13.8 Å². The predicted octanol–water partition coefficient (Wildman–Crippen LogP) is 1.72. The van der Waals surface area contributed by atoms with Crippen molar-refractivity contribution in [3.05, 3.63) is 23.7 Å². The first kappa shape index (κ1) is 10.8. The van der Waals surface area contributed by atoms with E-state index in [1.54, 1.807) is 6.07 Å². The summed E-state index contributed by atoms with van der Waals surface area (Å²) in [7, 11) is 0. The molecule has 14 heavy (non-hydrogen) atoms. The van der Waals surface area contributed by atoms with Crippen molar-refractivity contribution in [3.8, 4) is 0 Å². The van der Waals surface area contributed by atoms with E-state index in [-0.39, 0.29) is 5.76 Å². The predicted molar refractivity (Wildman–Crippen MR) is 52.2 cm³/mol. The Bertz CT molecular complexity index is 304. The topological polar surface area (TPSA) is 62.5 Å². The number of rotatable bonds is 5. The Balaban J connectivity index is 2.50. The monoisotopic (exact) mass is 197 g/mol. The van der Waals surface area contributed by atoms with Crippen LogP contribution in [-0.2, 0) is 6.54 Å². The van der Waals surface area contributed by atoms with Crippen molar-refractivity contribution in [1.82, 2.24) is 5.32 Å².